The van der Waals surface area contributed by atoms with E-state index < -0.39 is 5.92 Å². The second-order valence-corrected chi connectivity index (χ2v) is 4.30. The first-order chi connectivity index (χ1) is 7.69. The fourth-order valence-electron chi connectivity index (χ4n) is 2.03. The summed E-state index contributed by atoms with van der Waals surface area (Å²) in [5, 5.41) is 0. The third kappa shape index (κ3) is 3.59. The first kappa shape index (κ1) is 13.2. The normalized spacial score (nSPS) is 22.1. The Hall–Kier alpha value is -0.900. The SMILES string of the molecule is CCCCCN1CCC(=O)C(C(=O)OC)C1. The van der Waals surface area contributed by atoms with Crippen LogP contribution in [0.3, 0.4) is 0 Å². The second kappa shape index (κ2) is 6.63. The molecule has 0 aromatic rings. The van der Waals surface area contributed by atoms with Crippen LogP contribution < -0.4 is 0 Å². The number of methoxy groups -OCH3 is 1. The zero-order chi connectivity index (χ0) is 12.0. The van der Waals surface area contributed by atoms with Gasteiger partial charge in [-0.2, -0.15) is 0 Å². The number of hydrogen-bond donors (Lipinski definition) is 0. The highest BCUT2D eigenvalue weighted by Crippen LogP contribution is 2.15. The van der Waals surface area contributed by atoms with Crippen molar-refractivity contribution in [3.63, 3.8) is 0 Å². The third-order valence-corrected chi connectivity index (χ3v) is 3.07. The summed E-state index contributed by atoms with van der Waals surface area (Å²) in [5.74, 6) is -0.913. The molecule has 1 fully saturated rings. The van der Waals surface area contributed by atoms with Gasteiger partial charge in [0.25, 0.3) is 0 Å². The largest absolute Gasteiger partial charge is 0.468 e. The highest BCUT2D eigenvalue weighted by atomic mass is 16.5. The molecule has 4 nitrogen and oxygen atoms in total. The van der Waals surface area contributed by atoms with Gasteiger partial charge in [-0.05, 0) is 13.0 Å². The van der Waals surface area contributed by atoms with E-state index in [4.69, 9.17) is 0 Å². The van der Waals surface area contributed by atoms with Crippen LogP contribution in [0, 0.1) is 5.92 Å². The zero-order valence-electron chi connectivity index (χ0n) is 10.2. The lowest BCUT2D eigenvalue weighted by Gasteiger charge is -2.30. The zero-order valence-corrected chi connectivity index (χ0v) is 10.2. The number of esters is 1. The minimum atomic E-state index is -0.555. The Morgan fingerprint density at radius 1 is 1.50 bits per heavy atom. The molecule has 1 rings (SSSR count). The Morgan fingerprint density at radius 2 is 2.25 bits per heavy atom. The van der Waals surface area contributed by atoms with Crippen LogP contribution in [0.25, 0.3) is 0 Å². The van der Waals surface area contributed by atoms with E-state index in [9.17, 15) is 9.59 Å². The molecule has 92 valence electrons. The fourth-order valence-corrected chi connectivity index (χ4v) is 2.03. The molecule has 16 heavy (non-hydrogen) atoms. The van der Waals surface area contributed by atoms with E-state index in [-0.39, 0.29) is 11.8 Å². The molecule has 0 aromatic carbocycles. The molecule has 4 heteroatoms. The number of carbonyl (C=O) groups is 2. The number of carbonyl (C=O) groups excluding carboxylic acids is 2. The van der Waals surface area contributed by atoms with Gasteiger partial charge in [-0.1, -0.05) is 19.8 Å². The molecule has 1 atom stereocenters. The lowest BCUT2D eigenvalue weighted by atomic mass is 9.96. The predicted molar refractivity (Wildman–Crippen MR) is 61.1 cm³/mol. The van der Waals surface area contributed by atoms with E-state index in [1.54, 1.807) is 0 Å². The molecule has 1 aliphatic rings. The molecule has 0 aliphatic carbocycles. The van der Waals surface area contributed by atoms with E-state index >= 15 is 0 Å². The molecule has 1 aliphatic heterocycles. The lowest BCUT2D eigenvalue weighted by molar-refractivity contribution is -0.151. The molecule has 0 aromatic heterocycles. The Kier molecular flexibility index (Phi) is 5.46. The van der Waals surface area contributed by atoms with Gasteiger partial charge in [-0.25, -0.2) is 0 Å². The monoisotopic (exact) mass is 227 g/mol. The fraction of sp³-hybridized carbons (Fsp3) is 0.833. The number of nitrogens with zero attached hydrogens (tertiary/aromatic N) is 1. The summed E-state index contributed by atoms with van der Waals surface area (Å²) in [6.07, 6.45) is 4.00. The number of piperidine rings is 1. The number of ether oxygens (including phenoxy) is 1. The quantitative estimate of drug-likeness (QED) is 0.403. The van der Waals surface area contributed by atoms with Crippen molar-refractivity contribution < 1.29 is 14.3 Å². The summed E-state index contributed by atoms with van der Waals surface area (Å²) in [5.41, 5.74) is 0. The molecule has 0 bridgehead atoms. The van der Waals surface area contributed by atoms with Crippen molar-refractivity contribution >= 4 is 11.8 Å². The number of ketones is 1. The second-order valence-electron chi connectivity index (χ2n) is 4.30. The molecule has 0 spiro atoms. The Labute approximate surface area is 96.9 Å². The molecule has 1 saturated heterocycles. The van der Waals surface area contributed by atoms with Gasteiger partial charge in [0.2, 0.25) is 0 Å². The third-order valence-electron chi connectivity index (χ3n) is 3.07. The summed E-state index contributed by atoms with van der Waals surface area (Å²) in [4.78, 5) is 25.1. The van der Waals surface area contributed by atoms with Crippen LogP contribution in [0.15, 0.2) is 0 Å². The maximum atomic E-state index is 11.5. The molecule has 1 heterocycles. The molecular weight excluding hydrogens is 206 g/mol. The van der Waals surface area contributed by atoms with Crippen molar-refractivity contribution in [2.45, 2.75) is 32.6 Å². The number of Topliss-reactive ketones (excluding diaryl/α,β-unsaturated/α-hetero) is 1. The number of likely N-dealkylation sites (tertiary alicyclic amines) is 1. The van der Waals surface area contributed by atoms with E-state index in [0.717, 1.165) is 19.5 Å². The Bertz CT molecular complexity index is 245. The van der Waals surface area contributed by atoms with Gasteiger partial charge < -0.3 is 9.64 Å². The minimum absolute atomic E-state index is 0.0265. The van der Waals surface area contributed by atoms with Crippen LogP contribution in [0.2, 0.25) is 0 Å². The van der Waals surface area contributed by atoms with Crippen LogP contribution in [0.1, 0.15) is 32.6 Å². The first-order valence-electron chi connectivity index (χ1n) is 6.02. The van der Waals surface area contributed by atoms with Crippen molar-refractivity contribution in [1.82, 2.24) is 4.90 Å². The number of hydrogen-bond acceptors (Lipinski definition) is 4. The van der Waals surface area contributed by atoms with Gasteiger partial charge in [-0.15, -0.1) is 0 Å². The van der Waals surface area contributed by atoms with Gasteiger partial charge in [0.05, 0.1) is 7.11 Å². The van der Waals surface area contributed by atoms with Crippen molar-refractivity contribution in [1.29, 1.82) is 0 Å². The number of unbranched alkanes of at least 4 members (excludes halogenated alkanes) is 2. The van der Waals surface area contributed by atoms with Crippen LogP contribution >= 0.6 is 0 Å². The Balaban J connectivity index is 2.41. The van der Waals surface area contributed by atoms with Crippen LogP contribution in [-0.2, 0) is 14.3 Å². The molecular formula is C12H21NO3. The maximum absolute atomic E-state index is 11.5. The van der Waals surface area contributed by atoms with E-state index in [0.29, 0.717) is 13.0 Å². The van der Waals surface area contributed by atoms with Gasteiger partial charge in [-0.3, -0.25) is 9.59 Å². The maximum Gasteiger partial charge on any atom is 0.317 e. The highest BCUT2D eigenvalue weighted by molar-refractivity contribution is 5.99. The average molecular weight is 227 g/mol. The van der Waals surface area contributed by atoms with Crippen LogP contribution in [0.4, 0.5) is 0 Å². The Morgan fingerprint density at radius 3 is 2.88 bits per heavy atom. The van der Waals surface area contributed by atoms with Gasteiger partial charge >= 0.3 is 5.97 Å². The van der Waals surface area contributed by atoms with E-state index in [1.807, 2.05) is 0 Å². The molecule has 0 radical (unpaired) electrons. The van der Waals surface area contributed by atoms with Crippen molar-refractivity contribution in [3.8, 4) is 0 Å². The summed E-state index contributed by atoms with van der Waals surface area (Å²) in [7, 11) is 1.34. The highest BCUT2D eigenvalue weighted by Gasteiger charge is 2.33. The lowest BCUT2D eigenvalue weighted by Crippen LogP contribution is -2.44. The van der Waals surface area contributed by atoms with E-state index in [2.05, 4.69) is 16.6 Å². The molecule has 0 saturated carbocycles. The van der Waals surface area contributed by atoms with Crippen LogP contribution in [0.5, 0.6) is 0 Å². The van der Waals surface area contributed by atoms with Gasteiger partial charge in [0.1, 0.15) is 11.7 Å². The summed E-state index contributed by atoms with van der Waals surface area (Å²) in [6.45, 7) is 4.47. The van der Waals surface area contributed by atoms with Gasteiger partial charge in [0.15, 0.2) is 0 Å². The molecule has 0 amide bonds. The topological polar surface area (TPSA) is 46.6 Å². The summed E-state index contributed by atoms with van der Waals surface area (Å²) < 4.78 is 4.65. The summed E-state index contributed by atoms with van der Waals surface area (Å²) in [6, 6.07) is 0. The summed E-state index contributed by atoms with van der Waals surface area (Å²) >= 11 is 0. The standard InChI is InChI=1S/C12H21NO3/c1-3-4-5-7-13-8-6-11(14)10(9-13)12(15)16-2/h10H,3-9H2,1-2H3. The van der Waals surface area contributed by atoms with Crippen molar-refractivity contribution in [2.75, 3.05) is 26.7 Å². The van der Waals surface area contributed by atoms with Crippen molar-refractivity contribution in [2.24, 2.45) is 5.92 Å². The van der Waals surface area contributed by atoms with Gasteiger partial charge in [0, 0.05) is 19.5 Å². The minimum Gasteiger partial charge on any atom is -0.468 e. The average Bonchev–Trinajstić information content (AvgIpc) is 2.30. The first-order valence-corrected chi connectivity index (χ1v) is 6.02. The van der Waals surface area contributed by atoms with E-state index in [1.165, 1.54) is 20.0 Å². The molecule has 0 N–H and O–H groups in total. The number of rotatable bonds is 5. The van der Waals surface area contributed by atoms with Crippen LogP contribution in [-0.4, -0.2) is 43.4 Å². The molecule has 1 unspecified atom stereocenters. The predicted octanol–water partition coefficient (Wildman–Crippen LogP) is 1.24. The smallest absolute Gasteiger partial charge is 0.317 e. The van der Waals surface area contributed by atoms with Crippen molar-refractivity contribution in [3.05, 3.63) is 0 Å².